The van der Waals surface area contributed by atoms with E-state index in [0.717, 1.165) is 31.1 Å². The fourth-order valence-electron chi connectivity index (χ4n) is 17.8. The molecule has 8 fully saturated rings. The highest BCUT2D eigenvalue weighted by molar-refractivity contribution is 9.11. The maximum atomic E-state index is 14.7. The van der Waals surface area contributed by atoms with Gasteiger partial charge >= 0.3 is 18.2 Å². The van der Waals surface area contributed by atoms with Gasteiger partial charge in [0, 0.05) is 139 Å². The van der Waals surface area contributed by atoms with E-state index in [1.807, 2.05) is 0 Å². The Morgan fingerprint density at radius 1 is 0.463 bits per heavy atom. The smallest absolute Gasteiger partial charge is 0.425 e. The van der Waals surface area contributed by atoms with Gasteiger partial charge in [0.15, 0.2) is 22.2 Å². The molecule has 800 valence electrons. The summed E-state index contributed by atoms with van der Waals surface area (Å²) in [6.45, 7) is 9.71. The van der Waals surface area contributed by atoms with Crippen LogP contribution < -0.4 is 33.3 Å². The lowest BCUT2D eigenvalue weighted by molar-refractivity contribution is -0.0570. The monoisotopic (exact) mass is 2440 g/mol. The van der Waals surface area contributed by atoms with Crippen LogP contribution in [0.5, 0.6) is 0 Å². The van der Waals surface area contributed by atoms with Crippen molar-refractivity contribution in [2.75, 3.05) is 5.73 Å². The highest BCUT2D eigenvalue weighted by Gasteiger charge is 2.71. The number of alkyl halides is 14. The second kappa shape index (κ2) is 43.5. The van der Waals surface area contributed by atoms with Gasteiger partial charge in [0.1, 0.15) is 58.5 Å². The number of aliphatic hydroxyl groups is 1. The molecule has 56 heteroatoms. The molecule has 1 saturated heterocycles. The van der Waals surface area contributed by atoms with E-state index in [4.69, 9.17) is 50.5 Å². The van der Waals surface area contributed by atoms with Gasteiger partial charge in [0.05, 0.1) is 24.1 Å². The zero-order valence-electron chi connectivity index (χ0n) is 77.7. The number of ether oxygens (including phenoxy) is 6. The summed E-state index contributed by atoms with van der Waals surface area (Å²) in [5, 5.41) is 17.1. The third kappa shape index (κ3) is 23.4. The number of nitrogens with one attached hydrogen (secondary N) is 3. The Kier molecular flexibility index (Phi) is 32.7. The fourth-order valence-corrected chi connectivity index (χ4v) is 19.5. The molecule has 21 rings (SSSR count). The summed E-state index contributed by atoms with van der Waals surface area (Å²) in [5.74, 6) is -11.7. The number of benzene rings is 2. The molecule has 13 aliphatic rings. The first-order valence-electron chi connectivity index (χ1n) is 44.9. The summed E-state index contributed by atoms with van der Waals surface area (Å²) < 4.78 is 308. The van der Waals surface area contributed by atoms with Crippen molar-refractivity contribution in [1.82, 2.24) is 50.9 Å². The molecule has 6 aromatic heterocycles. The van der Waals surface area contributed by atoms with Crippen LogP contribution in [0.2, 0.25) is 0 Å². The molecule has 12 heterocycles. The molecule has 7 aliphatic carbocycles. The fraction of sp³-hybridized carbons (Fsp3) is 0.452. The Morgan fingerprint density at radius 3 is 1.26 bits per heavy atom. The van der Waals surface area contributed by atoms with E-state index in [0.29, 0.717) is 41.2 Å². The van der Waals surface area contributed by atoms with E-state index in [2.05, 4.69) is 156 Å². The van der Waals surface area contributed by atoms with E-state index in [1.54, 1.807) is 90.1 Å². The summed E-state index contributed by atoms with van der Waals surface area (Å²) in [7, 11) is 0. The average Bonchev–Trinajstić information content (AvgIpc) is 1.56. The van der Waals surface area contributed by atoms with Crippen molar-refractivity contribution in [3.63, 3.8) is 0 Å². The van der Waals surface area contributed by atoms with Crippen LogP contribution in [-0.2, 0) is 71.3 Å². The summed E-state index contributed by atoms with van der Waals surface area (Å²) in [4.78, 5) is 97.1. The van der Waals surface area contributed by atoms with E-state index in [9.17, 15) is 112 Å². The first kappa shape index (κ1) is 112. The maximum absolute atomic E-state index is 14.7. The number of hydrogen-bond acceptors (Lipinski definition) is 28. The number of oxime groups is 1. The quantitative estimate of drug-likeness (QED) is 0.0349. The van der Waals surface area contributed by atoms with Crippen molar-refractivity contribution in [2.45, 2.75) is 219 Å². The van der Waals surface area contributed by atoms with Crippen LogP contribution >= 0.6 is 79.6 Å². The van der Waals surface area contributed by atoms with Gasteiger partial charge in [-0.05, 0) is 227 Å². The molecule has 149 heavy (non-hydrogen) atoms. The molecule has 7 saturated carbocycles. The molecular formula is C93H85Br5F20N18O13. The second-order valence-electron chi connectivity index (χ2n) is 37.9. The SMILES string of the molecule is CC(C)(C)OC(=O)N(C(=O)c1ccccc1)C1=N[C@@](c2cc(Br)cnc2F)(C(F)F)[C@H]2CC2O1.CC(C)(C)OC(=O)NC1=N[C@@](c2cc(Br)cnc2F)(C(F)F)[C@H]2CC2O1.FC(F)C1=NOC2CC12.Fc1ncc(Br)cc1[C@@]1(C(F)F)NOC2C[C@@H]21.NC1=N[C@@](c2cc(N)cnc2F)(C(F)F)[C@H]2CC2O1.N[C@@](c1cc(Br)cnc1F)(C(F)F)[C@H]1CC1O.O=C(NC1=N[C@@](c2cc(Br)cnc2F)(C(F)F)[C@H]2CC2O1)c1ccccc1. The lowest BCUT2D eigenvalue weighted by Gasteiger charge is -2.35. The molecule has 20 atom stereocenters. The number of carbonyl (C=O) groups is 4. The normalized spacial score (nSPS) is 28.4. The Morgan fingerprint density at radius 2 is 0.859 bits per heavy atom. The topological polar surface area (TPSA) is 419 Å². The van der Waals surface area contributed by atoms with Gasteiger partial charge in [-0.2, -0.15) is 36.7 Å². The molecule has 0 bridgehead atoms. The Labute approximate surface area is 874 Å². The zero-order valence-corrected chi connectivity index (χ0v) is 85.6. The summed E-state index contributed by atoms with van der Waals surface area (Å²) in [6.07, 6.45) is -16.5. The minimum absolute atomic E-state index is 0.00556. The molecule has 10 N–H and O–H groups in total. The van der Waals surface area contributed by atoms with Crippen LogP contribution in [0.4, 0.5) is 103 Å². The van der Waals surface area contributed by atoms with E-state index >= 15 is 0 Å². The van der Waals surface area contributed by atoms with Crippen LogP contribution in [0.1, 0.15) is 141 Å². The highest BCUT2D eigenvalue weighted by Crippen LogP contribution is 2.62. The maximum Gasteiger partial charge on any atom is 0.425 e. The number of rotatable bonds is 16. The van der Waals surface area contributed by atoms with Gasteiger partial charge in [-0.1, -0.05) is 41.6 Å². The number of hydrogen-bond donors (Lipinski definition) is 7. The summed E-state index contributed by atoms with van der Waals surface area (Å²) in [5.41, 5.74) is 2.71. The first-order valence-corrected chi connectivity index (χ1v) is 48.9. The molecule has 8 unspecified atom stereocenters. The van der Waals surface area contributed by atoms with E-state index in [-0.39, 0.29) is 105 Å². The lowest BCUT2D eigenvalue weighted by atomic mass is 9.85. The number of nitrogens with two attached hydrogens (primary N) is 3. The van der Waals surface area contributed by atoms with Crippen molar-refractivity contribution in [1.29, 1.82) is 0 Å². The lowest BCUT2D eigenvalue weighted by Crippen LogP contribution is -2.51. The number of aliphatic hydroxyl groups excluding tert-OH is 1. The van der Waals surface area contributed by atoms with Crippen molar-refractivity contribution in [3.8, 4) is 0 Å². The molecular weight excluding hydrogens is 2360 g/mol. The Balaban J connectivity index is 0.000000133. The molecule has 0 radical (unpaired) electrons. The average molecular weight is 2440 g/mol. The molecule has 2 aromatic carbocycles. The minimum atomic E-state index is -3.18. The number of nitrogens with zero attached hydrogens (tertiary/aromatic N) is 12. The van der Waals surface area contributed by atoms with Crippen molar-refractivity contribution in [2.24, 2.45) is 78.0 Å². The molecule has 4 amide bonds. The number of amides is 4. The number of aromatic nitrogens is 6. The molecule has 31 nitrogen and oxygen atoms in total. The number of anilines is 1. The summed E-state index contributed by atoms with van der Waals surface area (Å²) >= 11 is 15.5. The number of amidine groups is 4. The number of pyridine rings is 6. The van der Waals surface area contributed by atoms with Gasteiger partial charge < -0.3 is 55.6 Å². The van der Waals surface area contributed by atoms with Gasteiger partial charge in [0.25, 0.3) is 74.9 Å². The third-order valence-corrected chi connectivity index (χ3v) is 27.7. The Bertz CT molecular complexity index is 6560. The Hall–Kier alpha value is -11.2. The number of nitrogen functional groups attached to an aromatic ring is 1. The summed E-state index contributed by atoms with van der Waals surface area (Å²) in [6, 6.07) is 21.4. The van der Waals surface area contributed by atoms with Gasteiger partial charge in [-0.15, -0.1) is 0 Å². The zero-order chi connectivity index (χ0) is 109. The van der Waals surface area contributed by atoms with Gasteiger partial charge in [-0.3, -0.25) is 19.7 Å². The number of aliphatic imine (C=N–C) groups is 4. The minimum Gasteiger partial charge on any atom is -0.462 e. The van der Waals surface area contributed by atoms with Crippen LogP contribution in [0, 0.1) is 77.1 Å². The van der Waals surface area contributed by atoms with Crippen LogP contribution in [0.25, 0.3) is 0 Å². The first-order chi connectivity index (χ1) is 70.0. The van der Waals surface area contributed by atoms with Crippen molar-refractivity contribution >= 4 is 139 Å². The van der Waals surface area contributed by atoms with Crippen LogP contribution in [0.15, 0.2) is 182 Å². The third-order valence-electron chi connectivity index (χ3n) is 25.5. The van der Waals surface area contributed by atoms with Crippen LogP contribution in [0.3, 0.4) is 0 Å². The number of carbonyl (C=O) groups excluding carboxylic acids is 4. The number of alkyl carbamates (subject to hydrolysis) is 1. The molecule has 0 spiro atoms. The van der Waals surface area contributed by atoms with Crippen molar-refractivity contribution < 1.29 is 150 Å². The predicted molar refractivity (Wildman–Crippen MR) is 503 cm³/mol. The number of hydroxylamine groups is 1. The number of imide groups is 1. The van der Waals surface area contributed by atoms with Crippen molar-refractivity contribution in [3.05, 3.63) is 237 Å². The standard InChI is InChI=1S/C23H21BrF3N3O4.C18H13BrF3N3O2.C16H17BrF3N3O3.C11H11F3N4O.C10H8BrF3N2O.C10H10BrF3N2O.C5H5F2NO/c1-22(2,3)34-21(32)30(18(31)12-7-5-4-6-8-12)20-29-23(19(26)27,14-10-16(14)33-20)15-9-13(24)11-28-17(15)25;19-10-6-12(14(20)23-8-10)18(16(21)22)11-7-13(11)27-17(25-18)24-15(26)9-4-2-1-3-5-9;1-15(2,3)26-14(24)22-13-23-16(12(19)20,8-5-10(8)25-13)9-4-7(17)6-21-11(9)18;12-8-6(1-4(15)3-17-8)11(9(13)14)5-2-7(5)19-10(16)18-11;11-4-1-6(8(12)15-3-4)10(9(13)14)5-2-7(5)17-16-10;11-4-1-6(8(12)16-3-4)10(15,9(13)14)5-2-7(5)17;6-5(7)4-2-1-3(2)9-8-4/h4-9,11,14,16,19H,10H2,1-3H3;1-6,8,11,13,16H,7H2,(H,24,25,26);4,6,8,10,12H,5H2,1-3H3,(H,22,23,24);1,3,5,7,9H,2,15H2,(H2,16,18);1,3,5,7,9,16H,2H2;1,3,5,7,9,17H,2,15H2;2-3,5H,1H2/t14-,16?,23-;11-,13?,18-;8-,10?,16-;5-,7?,11-;2*5-,7?,10-;/m000000./s1. The highest BCUT2D eigenvalue weighted by atomic mass is 79.9. The largest absolute Gasteiger partial charge is 0.462 e. The molecule has 6 aliphatic heterocycles. The second-order valence-corrected chi connectivity index (χ2v) is 42.5. The van der Waals surface area contributed by atoms with Gasteiger partial charge in [0.2, 0.25) is 35.7 Å². The van der Waals surface area contributed by atoms with Gasteiger partial charge in [-0.25, -0.2) is 126 Å². The number of halogens is 25. The predicted octanol–water partition coefficient (Wildman–Crippen LogP) is 18.9. The van der Waals surface area contributed by atoms with E-state index in [1.165, 1.54) is 61.1 Å². The van der Waals surface area contributed by atoms with E-state index < -0.39 is 233 Å². The van der Waals surface area contributed by atoms with Crippen LogP contribution in [-0.4, -0.2) is 193 Å². The molecule has 8 aromatic rings. The number of fused-ring (bicyclic) bond motifs is 6.